The van der Waals surface area contributed by atoms with E-state index in [9.17, 15) is 0 Å². The average molecular weight is 345 g/mol. The number of pyridine rings is 2. The molecule has 0 bridgehead atoms. The molecular formula is C24H28N2. The van der Waals surface area contributed by atoms with Crippen molar-refractivity contribution in [3.8, 4) is 22.5 Å². The second-order valence-electron chi connectivity index (χ2n) is 8.94. The van der Waals surface area contributed by atoms with Crippen molar-refractivity contribution in [1.29, 1.82) is 0 Å². The van der Waals surface area contributed by atoms with Crippen molar-refractivity contribution in [2.45, 2.75) is 52.4 Å². The summed E-state index contributed by atoms with van der Waals surface area (Å²) in [5.41, 5.74) is 7.00. The Kier molecular flexibility index (Phi) is 4.70. The van der Waals surface area contributed by atoms with E-state index in [0.29, 0.717) is 0 Å². The first kappa shape index (κ1) is 18.3. The van der Waals surface area contributed by atoms with Crippen molar-refractivity contribution in [2.24, 2.45) is 0 Å². The van der Waals surface area contributed by atoms with Crippen LogP contribution in [0.4, 0.5) is 0 Å². The van der Waals surface area contributed by atoms with Crippen LogP contribution in [-0.4, -0.2) is 9.97 Å². The fraction of sp³-hybridized carbons (Fsp3) is 0.333. The highest BCUT2D eigenvalue weighted by molar-refractivity contribution is 5.66. The van der Waals surface area contributed by atoms with Gasteiger partial charge in [0.1, 0.15) is 0 Å². The van der Waals surface area contributed by atoms with Gasteiger partial charge in [0.25, 0.3) is 0 Å². The summed E-state index contributed by atoms with van der Waals surface area (Å²) in [5.74, 6) is 0. The fourth-order valence-corrected chi connectivity index (χ4v) is 2.83. The van der Waals surface area contributed by atoms with Crippen LogP contribution in [0.15, 0.2) is 60.9 Å². The highest BCUT2D eigenvalue weighted by Crippen LogP contribution is 2.27. The van der Waals surface area contributed by atoms with E-state index in [0.717, 1.165) is 22.5 Å². The molecule has 0 atom stereocenters. The Morgan fingerprint density at radius 2 is 0.846 bits per heavy atom. The summed E-state index contributed by atoms with van der Waals surface area (Å²) in [7, 11) is 0. The third-order valence-electron chi connectivity index (χ3n) is 4.74. The third kappa shape index (κ3) is 4.01. The predicted octanol–water partition coefficient (Wildman–Crippen LogP) is 6.41. The Morgan fingerprint density at radius 3 is 1.08 bits per heavy atom. The second-order valence-corrected chi connectivity index (χ2v) is 8.94. The summed E-state index contributed by atoms with van der Waals surface area (Å²) >= 11 is 0. The Balaban J connectivity index is 1.82. The number of rotatable bonds is 2. The van der Waals surface area contributed by atoms with Gasteiger partial charge in [-0.1, -0.05) is 77.9 Å². The van der Waals surface area contributed by atoms with Crippen molar-refractivity contribution in [2.75, 3.05) is 0 Å². The van der Waals surface area contributed by atoms with Gasteiger partial charge in [-0.25, -0.2) is 0 Å². The van der Waals surface area contributed by atoms with Crippen molar-refractivity contribution in [3.05, 3.63) is 72.1 Å². The number of benzene rings is 1. The zero-order chi connectivity index (χ0) is 18.9. The molecule has 1 aromatic carbocycles. The van der Waals surface area contributed by atoms with Gasteiger partial charge in [-0.15, -0.1) is 0 Å². The Morgan fingerprint density at radius 1 is 0.500 bits per heavy atom. The van der Waals surface area contributed by atoms with Gasteiger partial charge in [0, 0.05) is 23.5 Å². The molecule has 2 nitrogen and oxygen atoms in total. The van der Waals surface area contributed by atoms with Crippen molar-refractivity contribution < 1.29 is 0 Å². The lowest BCUT2D eigenvalue weighted by molar-refractivity contribution is 0.587. The van der Waals surface area contributed by atoms with Crippen LogP contribution in [0.1, 0.15) is 52.7 Å². The van der Waals surface area contributed by atoms with E-state index in [1.165, 1.54) is 11.1 Å². The molecule has 3 aromatic rings. The summed E-state index contributed by atoms with van der Waals surface area (Å²) in [4.78, 5) is 9.28. The summed E-state index contributed by atoms with van der Waals surface area (Å²) in [6.45, 7) is 13.2. The normalized spacial score (nSPS) is 12.2. The molecule has 0 fully saturated rings. The van der Waals surface area contributed by atoms with E-state index in [-0.39, 0.29) is 10.8 Å². The third-order valence-corrected chi connectivity index (χ3v) is 4.74. The molecule has 3 rings (SSSR count). The van der Waals surface area contributed by atoms with Gasteiger partial charge in [-0.3, -0.25) is 9.97 Å². The van der Waals surface area contributed by atoms with Crippen LogP contribution in [0.3, 0.4) is 0 Å². The van der Waals surface area contributed by atoms with Gasteiger partial charge >= 0.3 is 0 Å². The van der Waals surface area contributed by atoms with Gasteiger partial charge in [-0.05, 0) is 34.1 Å². The second kappa shape index (κ2) is 6.68. The highest BCUT2D eigenvalue weighted by Gasteiger charge is 2.15. The average Bonchev–Trinajstić information content (AvgIpc) is 2.61. The molecule has 0 unspecified atom stereocenters. The molecule has 2 aromatic heterocycles. The van der Waals surface area contributed by atoms with E-state index in [2.05, 4.69) is 100 Å². The maximum atomic E-state index is 4.64. The lowest BCUT2D eigenvalue weighted by atomic mass is 9.88. The van der Waals surface area contributed by atoms with Crippen molar-refractivity contribution in [1.82, 2.24) is 9.97 Å². The molecule has 0 N–H and O–H groups in total. The first-order valence-corrected chi connectivity index (χ1v) is 9.18. The first-order valence-electron chi connectivity index (χ1n) is 9.18. The topological polar surface area (TPSA) is 25.8 Å². The maximum Gasteiger partial charge on any atom is 0.0702 e. The van der Waals surface area contributed by atoms with Crippen molar-refractivity contribution in [3.63, 3.8) is 0 Å². The van der Waals surface area contributed by atoms with Gasteiger partial charge < -0.3 is 0 Å². The Labute approximate surface area is 157 Å². The van der Waals surface area contributed by atoms with Crippen molar-refractivity contribution >= 4 is 0 Å². The molecule has 0 aliphatic carbocycles. The first-order chi connectivity index (χ1) is 12.1. The molecule has 0 spiro atoms. The minimum atomic E-state index is 0.125. The molecule has 134 valence electrons. The van der Waals surface area contributed by atoms with E-state index >= 15 is 0 Å². The highest BCUT2D eigenvalue weighted by atomic mass is 14.7. The van der Waals surface area contributed by atoms with Gasteiger partial charge in [0.05, 0.1) is 11.4 Å². The monoisotopic (exact) mass is 344 g/mol. The fourth-order valence-electron chi connectivity index (χ4n) is 2.83. The quantitative estimate of drug-likeness (QED) is 0.537. The summed E-state index contributed by atoms with van der Waals surface area (Å²) < 4.78 is 0. The van der Waals surface area contributed by atoms with Crippen LogP contribution in [0.5, 0.6) is 0 Å². The van der Waals surface area contributed by atoms with Crippen LogP contribution >= 0.6 is 0 Å². The SMILES string of the molecule is CC(C)(C)c1ccc(-c2ccc(-c3ccc(C(C)(C)C)cn3)cc2)nc1. The number of hydrogen-bond donors (Lipinski definition) is 0. The zero-order valence-corrected chi connectivity index (χ0v) is 16.7. The lowest BCUT2D eigenvalue weighted by Gasteiger charge is -2.18. The maximum absolute atomic E-state index is 4.64. The molecule has 0 saturated carbocycles. The summed E-state index contributed by atoms with van der Waals surface area (Å²) in [6.07, 6.45) is 3.96. The van der Waals surface area contributed by atoms with Crippen LogP contribution in [0, 0.1) is 0 Å². The zero-order valence-electron chi connectivity index (χ0n) is 16.7. The smallest absolute Gasteiger partial charge is 0.0702 e. The van der Waals surface area contributed by atoms with Gasteiger partial charge in [-0.2, -0.15) is 0 Å². The van der Waals surface area contributed by atoms with Gasteiger partial charge in [0.2, 0.25) is 0 Å². The predicted molar refractivity (Wildman–Crippen MR) is 110 cm³/mol. The largest absolute Gasteiger partial charge is 0.256 e. The molecule has 26 heavy (non-hydrogen) atoms. The number of nitrogens with zero attached hydrogens (tertiary/aromatic N) is 2. The molecule has 0 aliphatic heterocycles. The summed E-state index contributed by atoms with van der Waals surface area (Å²) in [5, 5.41) is 0. The van der Waals surface area contributed by atoms with Gasteiger partial charge in [0.15, 0.2) is 0 Å². The van der Waals surface area contributed by atoms with E-state index in [1.54, 1.807) is 0 Å². The van der Waals surface area contributed by atoms with Crippen LogP contribution in [-0.2, 0) is 10.8 Å². The molecule has 2 heteroatoms. The molecule has 0 radical (unpaired) electrons. The van der Waals surface area contributed by atoms with E-state index in [4.69, 9.17) is 0 Å². The number of aromatic nitrogens is 2. The van der Waals surface area contributed by atoms with E-state index in [1.807, 2.05) is 12.4 Å². The lowest BCUT2D eigenvalue weighted by Crippen LogP contribution is -2.11. The van der Waals surface area contributed by atoms with Crippen LogP contribution in [0.25, 0.3) is 22.5 Å². The molecule has 0 saturated heterocycles. The molecule has 0 aliphatic rings. The standard InChI is InChI=1S/C24H28N2/c1-23(2,3)19-11-13-21(25-15-19)17-7-9-18(10-8-17)22-14-12-20(16-26-22)24(4,5)6/h7-16H,1-6H3. The van der Waals surface area contributed by atoms with E-state index < -0.39 is 0 Å². The Bertz CT molecular complexity index is 783. The summed E-state index contributed by atoms with van der Waals surface area (Å²) in [6, 6.07) is 17.0. The minimum Gasteiger partial charge on any atom is -0.256 e. The number of hydrogen-bond acceptors (Lipinski definition) is 2. The molecule has 0 amide bonds. The molecular weight excluding hydrogens is 316 g/mol. The minimum absolute atomic E-state index is 0.125. The van der Waals surface area contributed by atoms with Crippen LogP contribution < -0.4 is 0 Å². The van der Waals surface area contributed by atoms with Crippen LogP contribution in [0.2, 0.25) is 0 Å². The Hall–Kier alpha value is -2.48. The molecule has 2 heterocycles.